The maximum atomic E-state index is 14.2. The average molecular weight is 503 g/mol. The predicted octanol–water partition coefficient (Wildman–Crippen LogP) is 2.81. The molecule has 2 fully saturated rings. The lowest BCUT2D eigenvalue weighted by Gasteiger charge is -2.38. The number of hydrogen-bond donors (Lipinski definition) is 1. The molecule has 6 atom stereocenters. The highest BCUT2D eigenvalue weighted by Crippen LogP contribution is 2.61. The molecule has 34 heavy (non-hydrogen) atoms. The van der Waals surface area contributed by atoms with Crippen LogP contribution in [0.5, 0.6) is 0 Å². The number of carbonyl (C=O) groups is 3. The van der Waals surface area contributed by atoms with Crippen molar-refractivity contribution >= 4 is 46.8 Å². The second kappa shape index (κ2) is 9.06. The Morgan fingerprint density at radius 1 is 1.24 bits per heavy atom. The predicted molar refractivity (Wildman–Crippen MR) is 131 cm³/mol. The van der Waals surface area contributed by atoms with E-state index in [0.29, 0.717) is 30.1 Å². The number of hydrogen-bond acceptors (Lipinski definition) is 6. The molecule has 1 N–H and O–H groups in total. The molecule has 9 heteroatoms. The van der Waals surface area contributed by atoms with Crippen LogP contribution in [0.3, 0.4) is 0 Å². The van der Waals surface area contributed by atoms with Crippen molar-refractivity contribution in [1.29, 1.82) is 0 Å². The van der Waals surface area contributed by atoms with Crippen molar-refractivity contribution in [2.24, 2.45) is 11.8 Å². The number of carbonyl (C=O) groups excluding carboxylic acids is 3. The van der Waals surface area contributed by atoms with Gasteiger partial charge in [0.05, 0.1) is 46.5 Å². The minimum Gasteiger partial charge on any atom is -0.465 e. The lowest BCUT2D eigenvalue weighted by atomic mass is 9.78. The number of nitrogens with zero attached hydrogens (tertiary/aromatic N) is 2. The van der Waals surface area contributed by atoms with E-state index in [0.717, 1.165) is 0 Å². The first kappa shape index (κ1) is 23.5. The van der Waals surface area contributed by atoms with E-state index in [-0.39, 0.29) is 30.3 Å². The summed E-state index contributed by atoms with van der Waals surface area (Å²) >= 11 is 7.94. The average Bonchev–Trinajstić information content (AvgIpc) is 3.20. The standard InChI is InChI=1S/C25H27ClN2O5S/c1-2-15(14-29)28-21-23(31)27(17-9-4-3-8-16(17)26)12-7-11-25(21)20(22(28)30)19-18(34-25)10-5-6-13-33-24(19)32/h3-5,7-11,15,18-21,29H,2,6,12-14H2,1H3/t15-,18-,19+,20-,21?,25-/m0/s1. The van der Waals surface area contributed by atoms with Crippen molar-refractivity contribution in [2.75, 3.05) is 24.7 Å². The van der Waals surface area contributed by atoms with Gasteiger partial charge in [-0.25, -0.2) is 0 Å². The number of halogens is 1. The Kier molecular flexibility index (Phi) is 6.25. The van der Waals surface area contributed by atoms with Crippen LogP contribution in [0.2, 0.25) is 5.02 Å². The first-order valence-corrected chi connectivity index (χ1v) is 12.9. The first-order valence-electron chi connectivity index (χ1n) is 11.6. The maximum Gasteiger partial charge on any atom is 0.311 e. The molecule has 0 bridgehead atoms. The molecule has 0 saturated carbocycles. The molecule has 1 spiro atoms. The molecule has 1 unspecified atom stereocenters. The van der Waals surface area contributed by atoms with Crippen LogP contribution in [0.25, 0.3) is 0 Å². The molecular weight excluding hydrogens is 476 g/mol. The number of cyclic esters (lactones) is 1. The normalized spacial score (nSPS) is 33.6. The molecule has 4 aliphatic heterocycles. The lowest BCUT2D eigenvalue weighted by molar-refractivity contribution is -0.153. The van der Waals surface area contributed by atoms with Crippen LogP contribution in [0.1, 0.15) is 19.8 Å². The van der Waals surface area contributed by atoms with E-state index in [1.165, 1.54) is 16.7 Å². The van der Waals surface area contributed by atoms with E-state index in [2.05, 4.69) is 0 Å². The third-order valence-corrected chi connectivity index (χ3v) is 9.34. The van der Waals surface area contributed by atoms with Crippen LogP contribution < -0.4 is 4.90 Å². The van der Waals surface area contributed by atoms with Crippen LogP contribution in [0.15, 0.2) is 48.6 Å². The molecular formula is C25H27ClN2O5S. The van der Waals surface area contributed by atoms with Gasteiger partial charge in [0.1, 0.15) is 6.04 Å². The van der Waals surface area contributed by atoms with Crippen LogP contribution in [0.4, 0.5) is 5.69 Å². The number of benzene rings is 1. The molecule has 1 aromatic carbocycles. The number of ether oxygens (including phenoxy) is 1. The Bertz CT molecular complexity index is 1070. The molecule has 180 valence electrons. The van der Waals surface area contributed by atoms with E-state index >= 15 is 0 Å². The van der Waals surface area contributed by atoms with Crippen LogP contribution in [-0.2, 0) is 19.1 Å². The number of aliphatic hydroxyl groups is 1. The van der Waals surface area contributed by atoms with Gasteiger partial charge in [-0.3, -0.25) is 14.4 Å². The smallest absolute Gasteiger partial charge is 0.311 e. The Hall–Kier alpha value is -2.29. The highest BCUT2D eigenvalue weighted by molar-refractivity contribution is 8.02. The zero-order chi connectivity index (χ0) is 24.0. The van der Waals surface area contributed by atoms with E-state index in [4.69, 9.17) is 16.3 Å². The van der Waals surface area contributed by atoms with Gasteiger partial charge in [0.25, 0.3) is 5.91 Å². The molecule has 5 rings (SSSR count). The number of anilines is 1. The van der Waals surface area contributed by atoms with Gasteiger partial charge in [0, 0.05) is 11.8 Å². The fraction of sp³-hybridized carbons (Fsp3) is 0.480. The molecule has 1 aromatic rings. The Labute approximate surface area is 207 Å². The molecule has 4 aliphatic rings. The SMILES string of the molecule is CC[C@@H](CO)N1C(=O)[C@@H]2[C@@H]3C(=O)OCCC=C[C@@H]3S[C@@]23C=CCN(c2ccccc2Cl)C(=O)C13. The quantitative estimate of drug-likeness (QED) is 0.503. The molecule has 0 aromatic heterocycles. The summed E-state index contributed by atoms with van der Waals surface area (Å²) in [6.07, 6.45) is 8.90. The number of thioether (sulfide) groups is 1. The fourth-order valence-corrected chi connectivity index (χ4v) is 7.97. The summed E-state index contributed by atoms with van der Waals surface area (Å²) in [6, 6.07) is 5.70. The highest BCUT2D eigenvalue weighted by atomic mass is 35.5. The van der Waals surface area contributed by atoms with E-state index in [9.17, 15) is 19.5 Å². The third kappa shape index (κ3) is 3.41. The molecule has 0 radical (unpaired) electrons. The lowest BCUT2D eigenvalue weighted by Crippen LogP contribution is -2.56. The number of rotatable bonds is 4. The van der Waals surface area contributed by atoms with E-state index in [1.54, 1.807) is 23.1 Å². The third-order valence-electron chi connectivity index (χ3n) is 7.28. The number of aliphatic hydroxyl groups excluding tert-OH is 1. The zero-order valence-electron chi connectivity index (χ0n) is 18.8. The van der Waals surface area contributed by atoms with Gasteiger partial charge in [0.2, 0.25) is 5.91 Å². The Morgan fingerprint density at radius 3 is 2.76 bits per heavy atom. The minimum atomic E-state index is -0.949. The number of esters is 1. The summed E-state index contributed by atoms with van der Waals surface area (Å²) in [4.78, 5) is 44.5. The van der Waals surface area contributed by atoms with Crippen LogP contribution in [0, 0.1) is 11.8 Å². The monoisotopic (exact) mass is 502 g/mol. The summed E-state index contributed by atoms with van der Waals surface area (Å²) in [6.45, 7) is 2.17. The summed E-state index contributed by atoms with van der Waals surface area (Å²) in [5.74, 6) is -2.39. The minimum absolute atomic E-state index is 0.264. The van der Waals surface area contributed by atoms with Crippen molar-refractivity contribution < 1.29 is 24.2 Å². The van der Waals surface area contributed by atoms with Crippen molar-refractivity contribution in [2.45, 2.75) is 41.8 Å². The summed E-state index contributed by atoms with van der Waals surface area (Å²) < 4.78 is 4.53. The van der Waals surface area contributed by atoms with Crippen molar-refractivity contribution in [3.05, 3.63) is 53.6 Å². The molecule has 7 nitrogen and oxygen atoms in total. The fourth-order valence-electron chi connectivity index (χ4n) is 5.74. The van der Waals surface area contributed by atoms with Gasteiger partial charge >= 0.3 is 5.97 Å². The second-order valence-electron chi connectivity index (χ2n) is 9.02. The number of fused-ring (bicyclic) bond motifs is 2. The first-order chi connectivity index (χ1) is 16.4. The topological polar surface area (TPSA) is 87.2 Å². The molecule has 2 amide bonds. The summed E-state index contributed by atoms with van der Waals surface area (Å²) in [5.41, 5.74) is 0.567. The van der Waals surface area contributed by atoms with Gasteiger partial charge in [-0.2, -0.15) is 0 Å². The summed E-state index contributed by atoms with van der Waals surface area (Å²) in [7, 11) is 0. The Morgan fingerprint density at radius 2 is 2.03 bits per heavy atom. The highest BCUT2D eigenvalue weighted by Gasteiger charge is 2.71. The van der Waals surface area contributed by atoms with Crippen LogP contribution in [-0.4, -0.2) is 69.6 Å². The van der Waals surface area contributed by atoms with Gasteiger partial charge in [-0.05, 0) is 25.0 Å². The van der Waals surface area contributed by atoms with E-state index in [1.807, 2.05) is 37.3 Å². The second-order valence-corrected chi connectivity index (χ2v) is 10.9. The molecule has 4 heterocycles. The number of para-hydroxylation sites is 1. The number of likely N-dealkylation sites (tertiary alicyclic amines) is 1. The van der Waals surface area contributed by atoms with E-state index < -0.39 is 34.6 Å². The van der Waals surface area contributed by atoms with Gasteiger partial charge < -0.3 is 19.6 Å². The largest absolute Gasteiger partial charge is 0.465 e. The van der Waals surface area contributed by atoms with Crippen molar-refractivity contribution in [3.63, 3.8) is 0 Å². The van der Waals surface area contributed by atoms with Gasteiger partial charge in [-0.15, -0.1) is 11.8 Å². The van der Waals surface area contributed by atoms with Gasteiger partial charge in [0.15, 0.2) is 0 Å². The van der Waals surface area contributed by atoms with Crippen molar-refractivity contribution in [3.8, 4) is 0 Å². The molecule has 0 aliphatic carbocycles. The summed E-state index contributed by atoms with van der Waals surface area (Å²) in [5, 5.41) is 10.3. The van der Waals surface area contributed by atoms with Crippen molar-refractivity contribution in [1.82, 2.24) is 4.90 Å². The number of amides is 2. The van der Waals surface area contributed by atoms with Crippen LogP contribution >= 0.6 is 23.4 Å². The maximum absolute atomic E-state index is 14.2. The van der Waals surface area contributed by atoms with Gasteiger partial charge in [-0.1, -0.05) is 55.0 Å². The molecule has 2 saturated heterocycles. The zero-order valence-corrected chi connectivity index (χ0v) is 20.4. The Balaban J connectivity index is 1.66.